The third-order valence-electron chi connectivity index (χ3n) is 3.16. The number of rotatable bonds is 7. The van der Waals surface area contributed by atoms with Crippen LogP contribution in [-0.2, 0) is 6.54 Å². The lowest BCUT2D eigenvalue weighted by atomic mass is 10.0. The van der Waals surface area contributed by atoms with Crippen LogP contribution in [0.4, 0.5) is 5.82 Å². The van der Waals surface area contributed by atoms with Gasteiger partial charge in [-0.2, -0.15) is 0 Å². The lowest BCUT2D eigenvalue weighted by Crippen LogP contribution is -2.33. The lowest BCUT2D eigenvalue weighted by molar-refractivity contribution is -0.389. The van der Waals surface area contributed by atoms with E-state index in [2.05, 4.69) is 27.6 Å². The Kier molecular flexibility index (Phi) is 5.82. The second-order valence-corrected chi connectivity index (χ2v) is 6.89. The molecular formula is C14H15ClIN3O4. The predicted molar refractivity (Wildman–Crippen MR) is 93.8 cm³/mol. The summed E-state index contributed by atoms with van der Waals surface area (Å²) >= 11 is 8.04. The lowest BCUT2D eigenvalue weighted by Gasteiger charge is -2.23. The van der Waals surface area contributed by atoms with Crippen LogP contribution in [0.5, 0.6) is 5.75 Å². The zero-order valence-corrected chi connectivity index (χ0v) is 15.2. The van der Waals surface area contributed by atoms with Crippen LogP contribution in [0, 0.1) is 13.7 Å². The number of aromatic nitrogens is 2. The minimum atomic E-state index is -1.11. The minimum Gasteiger partial charge on any atom is -0.491 e. The SMILES string of the molecule is CC(O)(CCn1cc([N+](=O)[O-])nc1Cl)COc1ccc(I)cc1. The molecule has 0 radical (unpaired) electrons. The zero-order chi connectivity index (χ0) is 17.0. The number of halogens is 2. The van der Waals surface area contributed by atoms with Crippen molar-refractivity contribution in [3.8, 4) is 5.75 Å². The number of benzene rings is 1. The molecule has 0 aliphatic heterocycles. The number of aliphatic hydroxyl groups is 1. The Morgan fingerprint density at radius 3 is 2.70 bits per heavy atom. The fraction of sp³-hybridized carbons (Fsp3) is 0.357. The van der Waals surface area contributed by atoms with Crippen molar-refractivity contribution >= 4 is 40.0 Å². The molecule has 1 aromatic carbocycles. The highest BCUT2D eigenvalue weighted by atomic mass is 127. The van der Waals surface area contributed by atoms with Gasteiger partial charge < -0.3 is 20.0 Å². The van der Waals surface area contributed by atoms with E-state index in [-0.39, 0.29) is 17.7 Å². The van der Waals surface area contributed by atoms with E-state index in [1.165, 1.54) is 10.8 Å². The topological polar surface area (TPSA) is 90.4 Å². The number of imidazole rings is 1. The van der Waals surface area contributed by atoms with Crippen molar-refractivity contribution in [2.24, 2.45) is 0 Å². The molecule has 2 aromatic rings. The van der Waals surface area contributed by atoms with Gasteiger partial charge in [0.25, 0.3) is 0 Å². The van der Waals surface area contributed by atoms with Gasteiger partial charge in [0.1, 0.15) is 18.6 Å². The highest BCUT2D eigenvalue weighted by Gasteiger charge is 2.24. The number of nitrogens with zero attached hydrogens (tertiary/aromatic N) is 3. The molecule has 1 heterocycles. The maximum absolute atomic E-state index is 10.7. The summed E-state index contributed by atoms with van der Waals surface area (Å²) in [7, 11) is 0. The zero-order valence-electron chi connectivity index (χ0n) is 12.3. The molecular weight excluding hydrogens is 437 g/mol. The average molecular weight is 452 g/mol. The number of hydrogen-bond acceptors (Lipinski definition) is 5. The van der Waals surface area contributed by atoms with E-state index in [9.17, 15) is 15.2 Å². The van der Waals surface area contributed by atoms with Crippen LogP contribution in [0.15, 0.2) is 30.5 Å². The van der Waals surface area contributed by atoms with E-state index >= 15 is 0 Å². The van der Waals surface area contributed by atoms with E-state index in [0.29, 0.717) is 18.7 Å². The molecule has 1 N–H and O–H groups in total. The summed E-state index contributed by atoms with van der Waals surface area (Å²) in [6.45, 7) is 2.03. The molecule has 0 saturated carbocycles. The first kappa shape index (κ1) is 18.0. The van der Waals surface area contributed by atoms with Crippen LogP contribution in [0.1, 0.15) is 13.3 Å². The molecule has 23 heavy (non-hydrogen) atoms. The molecule has 0 aliphatic carbocycles. The van der Waals surface area contributed by atoms with Crippen LogP contribution in [-0.4, -0.2) is 31.8 Å². The molecule has 0 spiro atoms. The summed E-state index contributed by atoms with van der Waals surface area (Å²) in [5.41, 5.74) is -1.11. The molecule has 0 fully saturated rings. The van der Waals surface area contributed by atoms with E-state index in [1.807, 2.05) is 24.3 Å². The quantitative estimate of drug-likeness (QED) is 0.396. The molecule has 2 rings (SSSR count). The number of ether oxygens (including phenoxy) is 1. The van der Waals surface area contributed by atoms with Gasteiger partial charge in [-0.3, -0.25) is 4.57 Å². The molecule has 0 saturated heterocycles. The van der Waals surface area contributed by atoms with Gasteiger partial charge >= 0.3 is 11.1 Å². The van der Waals surface area contributed by atoms with Gasteiger partial charge in [0.2, 0.25) is 0 Å². The molecule has 0 aliphatic rings. The molecule has 0 amide bonds. The van der Waals surface area contributed by atoms with Crippen LogP contribution < -0.4 is 4.74 Å². The number of aryl methyl sites for hydroxylation is 1. The second-order valence-electron chi connectivity index (χ2n) is 5.31. The molecule has 7 nitrogen and oxygen atoms in total. The maximum atomic E-state index is 10.7. The Morgan fingerprint density at radius 2 is 2.13 bits per heavy atom. The van der Waals surface area contributed by atoms with Crippen molar-refractivity contribution in [1.82, 2.24) is 9.55 Å². The third kappa shape index (κ3) is 5.33. The van der Waals surface area contributed by atoms with Crippen molar-refractivity contribution in [3.05, 3.63) is 49.4 Å². The predicted octanol–water partition coefficient (Wildman–Crippen LogP) is 3.27. The summed E-state index contributed by atoms with van der Waals surface area (Å²) < 4.78 is 8.09. The Hall–Kier alpha value is -1.39. The minimum absolute atomic E-state index is 0.0195. The second kappa shape index (κ2) is 7.45. The van der Waals surface area contributed by atoms with E-state index in [4.69, 9.17) is 16.3 Å². The van der Waals surface area contributed by atoms with Gasteiger partial charge in [0, 0.05) is 10.1 Å². The molecule has 1 atom stereocenters. The van der Waals surface area contributed by atoms with Crippen molar-refractivity contribution in [1.29, 1.82) is 0 Å². The van der Waals surface area contributed by atoms with Crippen LogP contribution in [0.2, 0.25) is 5.28 Å². The number of hydrogen-bond donors (Lipinski definition) is 1. The Bertz CT molecular complexity index is 688. The van der Waals surface area contributed by atoms with E-state index in [1.54, 1.807) is 6.92 Å². The molecule has 124 valence electrons. The smallest absolute Gasteiger partial charge is 0.383 e. The van der Waals surface area contributed by atoms with Gasteiger partial charge in [-0.1, -0.05) is 0 Å². The van der Waals surface area contributed by atoms with Gasteiger partial charge in [-0.25, -0.2) is 0 Å². The van der Waals surface area contributed by atoms with E-state index < -0.39 is 10.5 Å². The summed E-state index contributed by atoms with van der Waals surface area (Å²) in [5, 5.41) is 21.0. The van der Waals surface area contributed by atoms with Crippen LogP contribution >= 0.6 is 34.2 Å². The van der Waals surface area contributed by atoms with Crippen molar-refractivity contribution in [2.75, 3.05) is 6.61 Å². The first-order valence-corrected chi connectivity index (χ1v) is 8.20. The van der Waals surface area contributed by atoms with E-state index in [0.717, 1.165) is 3.57 Å². The van der Waals surface area contributed by atoms with Crippen molar-refractivity contribution in [3.63, 3.8) is 0 Å². The molecule has 1 unspecified atom stereocenters. The van der Waals surface area contributed by atoms with Crippen molar-refractivity contribution < 1.29 is 14.8 Å². The van der Waals surface area contributed by atoms with Crippen LogP contribution in [0.25, 0.3) is 0 Å². The van der Waals surface area contributed by atoms with Crippen molar-refractivity contribution in [2.45, 2.75) is 25.5 Å². The first-order chi connectivity index (χ1) is 10.8. The summed E-state index contributed by atoms with van der Waals surface area (Å²) in [6.07, 6.45) is 1.56. The molecule has 1 aromatic heterocycles. The standard InChI is InChI=1S/C14H15ClIN3O4/c1-14(20,9-23-11-4-2-10(16)3-5-11)6-7-18-8-12(19(21)22)17-13(18)15/h2-5,8,20H,6-7,9H2,1H3. The molecule has 9 heteroatoms. The molecule has 0 bridgehead atoms. The van der Waals surface area contributed by atoms with Crippen LogP contribution in [0.3, 0.4) is 0 Å². The average Bonchev–Trinajstić information content (AvgIpc) is 2.86. The summed E-state index contributed by atoms with van der Waals surface area (Å²) in [4.78, 5) is 13.7. The first-order valence-electron chi connectivity index (χ1n) is 6.75. The fourth-order valence-electron chi connectivity index (χ4n) is 1.83. The van der Waals surface area contributed by atoms with Gasteiger partial charge in [0.05, 0.1) is 5.60 Å². The maximum Gasteiger partial charge on any atom is 0.383 e. The summed E-state index contributed by atoms with van der Waals surface area (Å²) in [5.74, 6) is 0.353. The summed E-state index contributed by atoms with van der Waals surface area (Å²) in [6, 6.07) is 7.48. The normalized spacial score (nSPS) is 13.6. The highest BCUT2D eigenvalue weighted by molar-refractivity contribution is 14.1. The fourth-order valence-corrected chi connectivity index (χ4v) is 2.41. The Labute approximate surface area is 151 Å². The van der Waals surface area contributed by atoms with Gasteiger partial charge in [-0.05, 0) is 81.7 Å². The van der Waals surface area contributed by atoms with Gasteiger partial charge in [0.15, 0.2) is 0 Å². The third-order valence-corrected chi connectivity index (χ3v) is 4.18. The Morgan fingerprint density at radius 1 is 1.48 bits per heavy atom. The Balaban J connectivity index is 1.90. The highest BCUT2D eigenvalue weighted by Crippen LogP contribution is 2.20. The monoisotopic (exact) mass is 451 g/mol. The van der Waals surface area contributed by atoms with Gasteiger partial charge in [-0.15, -0.1) is 0 Å². The largest absolute Gasteiger partial charge is 0.491 e. The number of nitro groups is 1.